The first-order valence-corrected chi connectivity index (χ1v) is 9.67. The van der Waals surface area contributed by atoms with Crippen LogP contribution < -0.4 is 14.8 Å². The number of rotatable bonds is 5. The zero-order valence-electron chi connectivity index (χ0n) is 13.1. The number of thioether (sulfide) groups is 1. The summed E-state index contributed by atoms with van der Waals surface area (Å²) in [6, 6.07) is 13.6. The van der Waals surface area contributed by atoms with Crippen LogP contribution in [0.1, 0.15) is 12.0 Å². The summed E-state index contributed by atoms with van der Waals surface area (Å²) in [5.74, 6) is 2.61. The van der Waals surface area contributed by atoms with Gasteiger partial charge in [-0.1, -0.05) is 28.1 Å². The molecule has 1 amide bonds. The van der Waals surface area contributed by atoms with Gasteiger partial charge in [0.05, 0.1) is 19.0 Å². The van der Waals surface area contributed by atoms with Crippen molar-refractivity contribution in [3.63, 3.8) is 0 Å². The summed E-state index contributed by atoms with van der Waals surface area (Å²) in [6.07, 6.45) is 0.864. The van der Waals surface area contributed by atoms with Crippen LogP contribution in [0.3, 0.4) is 0 Å². The van der Waals surface area contributed by atoms with Crippen LogP contribution in [0.2, 0.25) is 0 Å². The highest BCUT2D eigenvalue weighted by Crippen LogP contribution is 2.32. The first-order chi connectivity index (χ1) is 11.7. The Bertz CT molecular complexity index is 706. The van der Waals surface area contributed by atoms with Crippen molar-refractivity contribution < 1.29 is 14.3 Å². The average Bonchev–Trinajstić information content (AvgIpc) is 2.81. The van der Waals surface area contributed by atoms with Gasteiger partial charge in [0, 0.05) is 28.4 Å². The Labute approximate surface area is 154 Å². The van der Waals surface area contributed by atoms with Gasteiger partial charge in [-0.15, -0.1) is 11.8 Å². The van der Waals surface area contributed by atoms with E-state index in [4.69, 9.17) is 9.47 Å². The highest BCUT2D eigenvalue weighted by atomic mass is 79.9. The molecule has 0 spiro atoms. The maximum absolute atomic E-state index is 12.1. The molecular formula is C18H18BrNO3S. The zero-order valence-corrected chi connectivity index (χ0v) is 15.5. The van der Waals surface area contributed by atoms with Gasteiger partial charge in [-0.3, -0.25) is 4.79 Å². The first-order valence-electron chi connectivity index (χ1n) is 7.72. The normalized spacial score (nSPS) is 13.2. The van der Waals surface area contributed by atoms with Gasteiger partial charge in [0.1, 0.15) is 0 Å². The molecule has 0 atom stereocenters. The summed E-state index contributed by atoms with van der Waals surface area (Å²) in [5, 5.41) is 2.91. The fraction of sp³-hybridized carbons (Fsp3) is 0.278. The lowest BCUT2D eigenvalue weighted by Crippen LogP contribution is -2.14. The molecule has 2 aromatic rings. The Balaban J connectivity index is 1.49. The SMILES string of the molecule is O=C(CSCc1ccc(Br)cc1)Nc1ccc2c(c1)OCCCO2. The second-order valence-electron chi connectivity index (χ2n) is 5.38. The van der Waals surface area contributed by atoms with Gasteiger partial charge < -0.3 is 14.8 Å². The second kappa shape index (κ2) is 8.44. The standard InChI is InChI=1S/C18H18BrNO3S/c19-14-4-2-13(3-5-14)11-24-12-18(21)20-15-6-7-16-17(10-15)23-9-1-8-22-16/h2-7,10H,1,8-9,11-12H2,(H,20,21). The Morgan fingerprint density at radius 1 is 1.08 bits per heavy atom. The van der Waals surface area contributed by atoms with E-state index < -0.39 is 0 Å². The summed E-state index contributed by atoms with van der Waals surface area (Å²) >= 11 is 5.00. The van der Waals surface area contributed by atoms with E-state index in [1.165, 1.54) is 5.56 Å². The molecule has 2 aromatic carbocycles. The highest BCUT2D eigenvalue weighted by molar-refractivity contribution is 9.10. The highest BCUT2D eigenvalue weighted by Gasteiger charge is 2.12. The zero-order chi connectivity index (χ0) is 16.8. The molecule has 4 nitrogen and oxygen atoms in total. The molecule has 24 heavy (non-hydrogen) atoms. The largest absolute Gasteiger partial charge is 0.490 e. The molecule has 1 aliphatic rings. The van der Waals surface area contributed by atoms with E-state index in [1.807, 2.05) is 30.3 Å². The number of carbonyl (C=O) groups excluding carboxylic acids is 1. The summed E-state index contributed by atoms with van der Waals surface area (Å²) in [6.45, 7) is 1.29. The van der Waals surface area contributed by atoms with Crippen molar-refractivity contribution in [3.05, 3.63) is 52.5 Å². The topological polar surface area (TPSA) is 47.6 Å². The van der Waals surface area contributed by atoms with Crippen LogP contribution in [-0.2, 0) is 10.5 Å². The minimum absolute atomic E-state index is 0.0217. The molecule has 1 N–H and O–H groups in total. The van der Waals surface area contributed by atoms with E-state index in [2.05, 4.69) is 33.4 Å². The van der Waals surface area contributed by atoms with Gasteiger partial charge >= 0.3 is 0 Å². The smallest absolute Gasteiger partial charge is 0.234 e. The predicted octanol–water partition coefficient (Wildman–Crippen LogP) is 4.48. The third-order valence-corrected chi connectivity index (χ3v) is 4.98. The number of halogens is 1. The molecule has 0 saturated carbocycles. The molecule has 126 valence electrons. The molecule has 0 radical (unpaired) electrons. The number of benzene rings is 2. The molecule has 1 aliphatic heterocycles. The fourth-order valence-electron chi connectivity index (χ4n) is 2.28. The van der Waals surface area contributed by atoms with E-state index in [9.17, 15) is 4.79 Å². The minimum Gasteiger partial charge on any atom is -0.490 e. The van der Waals surface area contributed by atoms with Gasteiger partial charge in [-0.25, -0.2) is 0 Å². The maximum atomic E-state index is 12.1. The van der Waals surface area contributed by atoms with E-state index in [-0.39, 0.29) is 5.91 Å². The summed E-state index contributed by atoms with van der Waals surface area (Å²) in [7, 11) is 0. The van der Waals surface area contributed by atoms with Gasteiger partial charge in [-0.05, 0) is 29.8 Å². The van der Waals surface area contributed by atoms with Crippen molar-refractivity contribution in [2.75, 3.05) is 24.3 Å². The third kappa shape index (κ3) is 4.92. The van der Waals surface area contributed by atoms with Crippen molar-refractivity contribution in [3.8, 4) is 11.5 Å². The lowest BCUT2D eigenvalue weighted by atomic mass is 10.2. The summed E-state index contributed by atoms with van der Waals surface area (Å²) in [5.41, 5.74) is 1.93. The molecule has 0 unspecified atom stereocenters. The number of fused-ring (bicyclic) bond motifs is 1. The van der Waals surface area contributed by atoms with Crippen LogP contribution in [0.25, 0.3) is 0 Å². The molecule has 1 heterocycles. The number of carbonyl (C=O) groups is 1. The Hall–Kier alpha value is -1.66. The number of nitrogens with one attached hydrogen (secondary N) is 1. The number of hydrogen-bond acceptors (Lipinski definition) is 4. The summed E-state index contributed by atoms with van der Waals surface area (Å²) < 4.78 is 12.3. The van der Waals surface area contributed by atoms with Gasteiger partial charge in [0.2, 0.25) is 5.91 Å². The van der Waals surface area contributed by atoms with Crippen LogP contribution in [0, 0.1) is 0 Å². The lowest BCUT2D eigenvalue weighted by Gasteiger charge is -2.10. The molecule has 3 rings (SSSR count). The van der Waals surface area contributed by atoms with Crippen molar-refractivity contribution in [1.82, 2.24) is 0 Å². The van der Waals surface area contributed by atoms with Crippen molar-refractivity contribution in [2.45, 2.75) is 12.2 Å². The average molecular weight is 408 g/mol. The van der Waals surface area contributed by atoms with Crippen molar-refractivity contribution in [1.29, 1.82) is 0 Å². The Morgan fingerprint density at radius 3 is 2.62 bits per heavy atom. The van der Waals surface area contributed by atoms with Crippen LogP contribution in [0.4, 0.5) is 5.69 Å². The maximum Gasteiger partial charge on any atom is 0.234 e. The Kier molecular flexibility index (Phi) is 6.04. The predicted molar refractivity (Wildman–Crippen MR) is 101 cm³/mol. The van der Waals surface area contributed by atoms with Crippen molar-refractivity contribution in [2.24, 2.45) is 0 Å². The quantitative estimate of drug-likeness (QED) is 0.793. The number of anilines is 1. The van der Waals surface area contributed by atoms with Crippen LogP contribution >= 0.6 is 27.7 Å². The summed E-state index contributed by atoms with van der Waals surface area (Å²) in [4.78, 5) is 12.1. The lowest BCUT2D eigenvalue weighted by molar-refractivity contribution is -0.113. The van der Waals surface area contributed by atoms with Crippen LogP contribution in [-0.4, -0.2) is 24.9 Å². The number of amides is 1. The van der Waals surface area contributed by atoms with Crippen molar-refractivity contribution >= 4 is 39.3 Å². The molecule has 0 bridgehead atoms. The fourth-order valence-corrected chi connectivity index (χ4v) is 3.33. The van der Waals surface area contributed by atoms with Crippen LogP contribution in [0.15, 0.2) is 46.9 Å². The number of hydrogen-bond donors (Lipinski definition) is 1. The molecule has 0 aliphatic carbocycles. The molecule has 0 aromatic heterocycles. The minimum atomic E-state index is -0.0217. The third-order valence-electron chi connectivity index (χ3n) is 3.45. The van der Waals surface area contributed by atoms with E-state index in [1.54, 1.807) is 11.8 Å². The van der Waals surface area contributed by atoms with Gasteiger partial charge in [0.15, 0.2) is 11.5 Å². The number of ether oxygens (including phenoxy) is 2. The molecule has 6 heteroatoms. The molecule has 0 fully saturated rings. The van der Waals surface area contributed by atoms with E-state index in [0.29, 0.717) is 24.7 Å². The molecule has 0 saturated heterocycles. The van der Waals surface area contributed by atoms with Gasteiger partial charge in [0.25, 0.3) is 0 Å². The Morgan fingerprint density at radius 2 is 1.83 bits per heavy atom. The van der Waals surface area contributed by atoms with E-state index in [0.717, 1.165) is 28.1 Å². The van der Waals surface area contributed by atoms with E-state index >= 15 is 0 Å². The molecular weight excluding hydrogens is 390 g/mol. The monoisotopic (exact) mass is 407 g/mol. The second-order valence-corrected chi connectivity index (χ2v) is 7.28. The van der Waals surface area contributed by atoms with Gasteiger partial charge in [-0.2, -0.15) is 0 Å². The first kappa shape index (κ1) is 17.2. The van der Waals surface area contributed by atoms with Crippen LogP contribution in [0.5, 0.6) is 11.5 Å².